The van der Waals surface area contributed by atoms with Crippen molar-refractivity contribution >= 4 is 16.9 Å². The highest BCUT2D eigenvalue weighted by Gasteiger charge is 2.08. The molecule has 2 nitrogen and oxygen atoms in total. The average Bonchev–Trinajstić information content (AvgIpc) is 2.60. The smallest absolute Gasteiger partial charge is 0.224 e. The van der Waals surface area contributed by atoms with Crippen molar-refractivity contribution in [2.75, 3.05) is 6.61 Å². The van der Waals surface area contributed by atoms with Gasteiger partial charge in [-0.3, -0.25) is 4.79 Å². The van der Waals surface area contributed by atoms with E-state index in [0.29, 0.717) is 12.2 Å². The van der Waals surface area contributed by atoms with E-state index in [1.807, 2.05) is 12.1 Å². The molecule has 0 aromatic heterocycles. The van der Waals surface area contributed by atoms with Gasteiger partial charge in [0.1, 0.15) is 11.6 Å². The lowest BCUT2D eigenvalue weighted by Gasteiger charge is -2.07. The van der Waals surface area contributed by atoms with Crippen molar-refractivity contribution in [1.82, 2.24) is 0 Å². The monoisotopic (exact) mass is 346 g/mol. The molecule has 24 heavy (non-hydrogen) atoms. The molecule has 0 saturated carbocycles. The first-order valence-electron chi connectivity index (χ1n) is 8.39. The first-order chi connectivity index (χ1) is 11.7. The van der Waals surface area contributed by atoms with Crippen molar-refractivity contribution in [1.29, 1.82) is 0 Å². The molecule has 0 atom stereocenters. The van der Waals surface area contributed by atoms with E-state index in [0.717, 1.165) is 28.8 Å². The van der Waals surface area contributed by atoms with Gasteiger partial charge in [-0.1, -0.05) is 32.6 Å². The van der Waals surface area contributed by atoms with Gasteiger partial charge in [0.2, 0.25) is 5.12 Å². The van der Waals surface area contributed by atoms with Crippen molar-refractivity contribution in [3.63, 3.8) is 0 Å². The van der Waals surface area contributed by atoms with Gasteiger partial charge in [-0.05, 0) is 66.7 Å². The Balaban J connectivity index is 1.78. The van der Waals surface area contributed by atoms with Gasteiger partial charge in [0, 0.05) is 10.5 Å². The van der Waals surface area contributed by atoms with Crippen LogP contribution in [-0.2, 0) is 0 Å². The number of hydrogen-bond acceptors (Lipinski definition) is 3. The quantitative estimate of drug-likeness (QED) is 0.405. The van der Waals surface area contributed by atoms with Crippen LogP contribution in [0.4, 0.5) is 4.39 Å². The van der Waals surface area contributed by atoms with Gasteiger partial charge >= 0.3 is 0 Å². The number of carbonyl (C=O) groups is 1. The van der Waals surface area contributed by atoms with Crippen LogP contribution in [0, 0.1) is 5.82 Å². The molecule has 0 aliphatic heterocycles. The van der Waals surface area contributed by atoms with E-state index >= 15 is 0 Å². The molecule has 0 bridgehead atoms. The van der Waals surface area contributed by atoms with E-state index in [2.05, 4.69) is 6.92 Å². The molecule has 2 rings (SSSR count). The largest absolute Gasteiger partial charge is 0.494 e. The number of thioether (sulfide) groups is 1. The van der Waals surface area contributed by atoms with E-state index in [-0.39, 0.29) is 10.9 Å². The zero-order valence-corrected chi connectivity index (χ0v) is 14.8. The maximum Gasteiger partial charge on any atom is 0.224 e. The van der Waals surface area contributed by atoms with Crippen LogP contribution in [0.3, 0.4) is 0 Å². The van der Waals surface area contributed by atoms with Gasteiger partial charge in [-0.2, -0.15) is 0 Å². The van der Waals surface area contributed by atoms with Crippen molar-refractivity contribution in [3.05, 3.63) is 59.9 Å². The predicted molar refractivity (Wildman–Crippen MR) is 97.3 cm³/mol. The summed E-state index contributed by atoms with van der Waals surface area (Å²) in [4.78, 5) is 12.9. The fourth-order valence-corrected chi connectivity index (χ4v) is 2.99. The summed E-state index contributed by atoms with van der Waals surface area (Å²) in [6, 6.07) is 13.1. The Kier molecular flexibility index (Phi) is 7.83. The SMILES string of the molecule is CCCCCCCOc1ccc(C(=O)Sc2ccc(F)cc2)cc1. The van der Waals surface area contributed by atoms with E-state index in [9.17, 15) is 9.18 Å². The average molecular weight is 346 g/mol. The Bertz CT molecular complexity index is 623. The zero-order valence-electron chi connectivity index (χ0n) is 14.0. The fourth-order valence-electron chi connectivity index (χ4n) is 2.25. The second-order valence-corrected chi connectivity index (χ2v) is 6.68. The van der Waals surface area contributed by atoms with Gasteiger partial charge in [-0.25, -0.2) is 4.39 Å². The number of halogens is 1. The number of benzene rings is 2. The van der Waals surface area contributed by atoms with E-state index < -0.39 is 0 Å². The topological polar surface area (TPSA) is 26.3 Å². The number of hydrogen-bond donors (Lipinski definition) is 0. The van der Waals surface area contributed by atoms with Gasteiger partial charge in [0.25, 0.3) is 0 Å². The Morgan fingerprint density at radius 3 is 2.29 bits per heavy atom. The van der Waals surface area contributed by atoms with Crippen molar-refractivity contribution in [2.45, 2.75) is 43.9 Å². The molecule has 128 valence electrons. The zero-order chi connectivity index (χ0) is 17.2. The van der Waals surface area contributed by atoms with Crippen molar-refractivity contribution in [3.8, 4) is 5.75 Å². The predicted octanol–water partition coefficient (Wildman–Crippen LogP) is 6.11. The third kappa shape index (κ3) is 6.36. The molecular weight excluding hydrogens is 323 g/mol. The maximum absolute atomic E-state index is 12.9. The lowest BCUT2D eigenvalue weighted by Crippen LogP contribution is -1.98. The van der Waals surface area contributed by atoms with E-state index in [1.165, 1.54) is 37.8 Å². The van der Waals surface area contributed by atoms with Crippen molar-refractivity contribution < 1.29 is 13.9 Å². The number of carbonyl (C=O) groups excluding carboxylic acids is 1. The molecule has 0 radical (unpaired) electrons. The second-order valence-electron chi connectivity index (χ2n) is 5.63. The lowest BCUT2D eigenvalue weighted by molar-refractivity contribution is 0.108. The Hall–Kier alpha value is -1.81. The molecule has 0 N–H and O–H groups in total. The number of ether oxygens (including phenoxy) is 1. The second kappa shape index (κ2) is 10.1. The third-order valence-electron chi connectivity index (χ3n) is 3.63. The normalized spacial score (nSPS) is 10.6. The molecule has 0 saturated heterocycles. The lowest BCUT2D eigenvalue weighted by atomic mass is 10.2. The van der Waals surface area contributed by atoms with Crippen LogP contribution in [-0.4, -0.2) is 11.7 Å². The van der Waals surface area contributed by atoms with Gasteiger partial charge < -0.3 is 4.74 Å². The summed E-state index contributed by atoms with van der Waals surface area (Å²) in [7, 11) is 0. The van der Waals surface area contributed by atoms with Crippen LogP contribution in [0.15, 0.2) is 53.4 Å². The standard InChI is InChI=1S/C20H23FO2S/c1-2-3-4-5-6-15-23-18-11-7-16(8-12-18)20(22)24-19-13-9-17(21)10-14-19/h7-14H,2-6,15H2,1H3. The summed E-state index contributed by atoms with van der Waals surface area (Å²) >= 11 is 1.09. The molecule has 0 spiro atoms. The summed E-state index contributed by atoms with van der Waals surface area (Å²) in [5, 5.41) is -0.0623. The Morgan fingerprint density at radius 2 is 1.62 bits per heavy atom. The van der Waals surface area contributed by atoms with Crippen LogP contribution in [0.2, 0.25) is 0 Å². The summed E-state index contributed by atoms with van der Waals surface area (Å²) in [6.45, 7) is 2.91. The molecule has 0 unspecified atom stereocenters. The fraction of sp³-hybridized carbons (Fsp3) is 0.350. The Morgan fingerprint density at radius 1 is 0.958 bits per heavy atom. The molecule has 0 aliphatic rings. The minimum Gasteiger partial charge on any atom is -0.494 e. The minimum absolute atomic E-state index is 0.0623. The van der Waals surface area contributed by atoms with Crippen LogP contribution in [0.5, 0.6) is 5.75 Å². The highest BCUT2D eigenvalue weighted by Crippen LogP contribution is 2.24. The van der Waals surface area contributed by atoms with Gasteiger partial charge in [0.15, 0.2) is 0 Å². The van der Waals surface area contributed by atoms with Crippen LogP contribution < -0.4 is 4.74 Å². The number of rotatable bonds is 9. The molecule has 4 heteroatoms. The van der Waals surface area contributed by atoms with E-state index in [1.54, 1.807) is 24.3 Å². The summed E-state index contributed by atoms with van der Waals surface area (Å²) in [5.41, 5.74) is 0.611. The van der Waals surface area contributed by atoms with Crippen molar-refractivity contribution in [2.24, 2.45) is 0 Å². The highest BCUT2D eigenvalue weighted by atomic mass is 32.2. The number of unbranched alkanes of at least 4 members (excludes halogenated alkanes) is 4. The molecule has 2 aromatic rings. The molecule has 0 amide bonds. The van der Waals surface area contributed by atoms with Gasteiger partial charge in [-0.15, -0.1) is 0 Å². The first kappa shape index (κ1) is 18.5. The minimum atomic E-state index is -0.303. The third-order valence-corrected chi connectivity index (χ3v) is 4.56. The highest BCUT2D eigenvalue weighted by molar-refractivity contribution is 8.14. The first-order valence-corrected chi connectivity index (χ1v) is 9.21. The summed E-state index contributed by atoms with van der Waals surface area (Å²) < 4.78 is 18.6. The van der Waals surface area contributed by atoms with Crippen LogP contribution in [0.25, 0.3) is 0 Å². The molecule has 0 aliphatic carbocycles. The van der Waals surface area contributed by atoms with Crippen LogP contribution >= 0.6 is 11.8 Å². The van der Waals surface area contributed by atoms with Crippen LogP contribution in [0.1, 0.15) is 49.4 Å². The summed E-state index contributed by atoms with van der Waals surface area (Å²) in [6.07, 6.45) is 6.03. The molecule has 0 fully saturated rings. The van der Waals surface area contributed by atoms with Gasteiger partial charge in [0.05, 0.1) is 6.61 Å². The molecular formula is C20H23FO2S. The maximum atomic E-state index is 12.9. The summed E-state index contributed by atoms with van der Waals surface area (Å²) in [5.74, 6) is 0.483. The molecule has 0 heterocycles. The van der Waals surface area contributed by atoms with E-state index in [4.69, 9.17) is 4.74 Å². The molecule has 2 aromatic carbocycles. The Labute approximate surface area is 147 Å².